The van der Waals surface area contributed by atoms with Gasteiger partial charge in [0, 0.05) is 18.1 Å². The Labute approximate surface area is 118 Å². The van der Waals surface area contributed by atoms with E-state index in [1.54, 1.807) is 36.8 Å². The number of hydrogen-bond acceptors (Lipinski definition) is 4. The van der Waals surface area contributed by atoms with Gasteiger partial charge in [0.2, 0.25) is 0 Å². The number of halogens is 1. The lowest BCUT2D eigenvalue weighted by Gasteiger charge is -2.08. The Kier molecular flexibility index (Phi) is 4.33. The van der Waals surface area contributed by atoms with Crippen LogP contribution in [-0.2, 0) is 6.54 Å². The zero-order chi connectivity index (χ0) is 13.0. The molecule has 0 atom stereocenters. The van der Waals surface area contributed by atoms with Gasteiger partial charge in [0.25, 0.3) is 5.91 Å². The van der Waals surface area contributed by atoms with Crippen LogP contribution in [0.1, 0.15) is 15.2 Å². The Hall–Kier alpha value is -1.40. The van der Waals surface area contributed by atoms with Crippen LogP contribution >= 0.6 is 27.3 Å². The number of amides is 1. The summed E-state index contributed by atoms with van der Waals surface area (Å²) < 4.78 is 1.06. The summed E-state index contributed by atoms with van der Waals surface area (Å²) in [4.78, 5) is 17.1. The Balaban J connectivity index is 2.03. The van der Waals surface area contributed by atoms with Gasteiger partial charge in [0.15, 0.2) is 0 Å². The standard InChI is InChI=1S/C12H12BrN3OS/c1-14-10-7-15-5-4-9(10)12(17)16-6-8-2-3-11(13)18-8/h2-5,7,14H,6H2,1H3,(H,16,17). The van der Waals surface area contributed by atoms with Gasteiger partial charge in [-0.15, -0.1) is 11.3 Å². The number of aromatic nitrogens is 1. The van der Waals surface area contributed by atoms with Gasteiger partial charge in [0.05, 0.1) is 27.8 Å². The van der Waals surface area contributed by atoms with Crippen molar-refractivity contribution < 1.29 is 4.79 Å². The fraction of sp³-hybridized carbons (Fsp3) is 0.167. The quantitative estimate of drug-likeness (QED) is 0.908. The van der Waals surface area contributed by atoms with Crippen LogP contribution in [0, 0.1) is 0 Å². The van der Waals surface area contributed by atoms with E-state index >= 15 is 0 Å². The molecule has 2 aromatic rings. The summed E-state index contributed by atoms with van der Waals surface area (Å²) in [6.07, 6.45) is 3.24. The summed E-state index contributed by atoms with van der Waals surface area (Å²) in [5.41, 5.74) is 1.32. The Morgan fingerprint density at radius 2 is 2.28 bits per heavy atom. The molecule has 94 valence electrons. The molecular weight excluding hydrogens is 314 g/mol. The fourth-order valence-corrected chi connectivity index (χ4v) is 2.92. The summed E-state index contributed by atoms with van der Waals surface area (Å²) >= 11 is 5.00. The summed E-state index contributed by atoms with van der Waals surface area (Å²) in [5, 5.41) is 5.84. The van der Waals surface area contributed by atoms with Crippen LogP contribution in [0.15, 0.2) is 34.4 Å². The zero-order valence-corrected chi connectivity index (χ0v) is 12.1. The predicted octanol–water partition coefficient (Wildman–Crippen LogP) is 2.88. The van der Waals surface area contributed by atoms with Gasteiger partial charge < -0.3 is 10.6 Å². The van der Waals surface area contributed by atoms with E-state index in [0.717, 1.165) is 14.4 Å². The molecule has 0 aliphatic carbocycles. The van der Waals surface area contributed by atoms with Gasteiger partial charge >= 0.3 is 0 Å². The van der Waals surface area contributed by atoms with Gasteiger partial charge in [-0.05, 0) is 34.1 Å². The van der Waals surface area contributed by atoms with Crippen LogP contribution in [0.25, 0.3) is 0 Å². The van der Waals surface area contributed by atoms with Crippen molar-refractivity contribution in [3.05, 3.63) is 44.8 Å². The molecule has 0 bridgehead atoms. The molecule has 2 N–H and O–H groups in total. The van der Waals surface area contributed by atoms with Crippen molar-refractivity contribution in [3.8, 4) is 0 Å². The number of anilines is 1. The fourth-order valence-electron chi connectivity index (χ4n) is 1.50. The molecule has 2 aromatic heterocycles. The Morgan fingerprint density at radius 3 is 2.94 bits per heavy atom. The average molecular weight is 326 g/mol. The van der Waals surface area contributed by atoms with Crippen LogP contribution in [-0.4, -0.2) is 17.9 Å². The molecule has 0 aliphatic heterocycles. The van der Waals surface area contributed by atoms with E-state index in [0.29, 0.717) is 12.1 Å². The SMILES string of the molecule is CNc1cnccc1C(=O)NCc1ccc(Br)s1. The highest BCUT2D eigenvalue weighted by molar-refractivity contribution is 9.11. The number of pyridine rings is 1. The van der Waals surface area contributed by atoms with E-state index in [9.17, 15) is 4.79 Å². The van der Waals surface area contributed by atoms with Gasteiger partial charge in [-0.3, -0.25) is 9.78 Å². The van der Waals surface area contributed by atoms with Crippen LogP contribution in [0.5, 0.6) is 0 Å². The molecule has 0 saturated carbocycles. The zero-order valence-electron chi connectivity index (χ0n) is 9.74. The molecule has 1 amide bonds. The van der Waals surface area contributed by atoms with Gasteiger partial charge in [-0.1, -0.05) is 0 Å². The Bertz CT molecular complexity index is 556. The topological polar surface area (TPSA) is 54.0 Å². The maximum atomic E-state index is 12.0. The minimum atomic E-state index is -0.105. The third-order valence-corrected chi connectivity index (χ3v) is 4.01. The van der Waals surface area contributed by atoms with Gasteiger partial charge in [0.1, 0.15) is 0 Å². The van der Waals surface area contributed by atoms with Crippen LogP contribution in [0.2, 0.25) is 0 Å². The molecule has 0 fully saturated rings. The molecule has 6 heteroatoms. The molecule has 0 aliphatic rings. The second-order valence-electron chi connectivity index (χ2n) is 3.56. The third-order valence-electron chi connectivity index (χ3n) is 2.39. The third kappa shape index (κ3) is 3.08. The molecular formula is C12H12BrN3OS. The highest BCUT2D eigenvalue weighted by Crippen LogP contribution is 2.22. The van der Waals surface area contributed by atoms with E-state index in [4.69, 9.17) is 0 Å². The van der Waals surface area contributed by atoms with Crippen molar-refractivity contribution in [2.75, 3.05) is 12.4 Å². The molecule has 2 rings (SSSR count). The first-order valence-corrected chi connectivity index (χ1v) is 6.96. The van der Waals surface area contributed by atoms with E-state index in [1.807, 2.05) is 12.1 Å². The smallest absolute Gasteiger partial charge is 0.253 e. The normalized spacial score (nSPS) is 10.1. The maximum absolute atomic E-state index is 12.0. The predicted molar refractivity (Wildman–Crippen MR) is 77.0 cm³/mol. The first-order chi connectivity index (χ1) is 8.70. The molecule has 0 aromatic carbocycles. The molecule has 0 radical (unpaired) electrons. The van der Waals surface area contributed by atoms with Gasteiger partial charge in [-0.2, -0.15) is 0 Å². The van der Waals surface area contributed by atoms with Crippen molar-refractivity contribution >= 4 is 38.9 Å². The number of nitrogens with one attached hydrogen (secondary N) is 2. The van der Waals surface area contributed by atoms with Crippen LogP contribution < -0.4 is 10.6 Å². The van der Waals surface area contributed by atoms with E-state index in [2.05, 4.69) is 31.5 Å². The van der Waals surface area contributed by atoms with Gasteiger partial charge in [-0.25, -0.2) is 0 Å². The monoisotopic (exact) mass is 325 g/mol. The number of thiophene rings is 1. The number of nitrogens with zero attached hydrogens (tertiary/aromatic N) is 1. The minimum absolute atomic E-state index is 0.105. The summed E-state index contributed by atoms with van der Waals surface area (Å²) in [6, 6.07) is 5.66. The number of rotatable bonds is 4. The molecule has 4 nitrogen and oxygen atoms in total. The Morgan fingerprint density at radius 1 is 1.44 bits per heavy atom. The van der Waals surface area contributed by atoms with Crippen molar-refractivity contribution in [1.82, 2.24) is 10.3 Å². The first kappa shape index (κ1) is 13.0. The average Bonchev–Trinajstić information content (AvgIpc) is 2.81. The largest absolute Gasteiger partial charge is 0.386 e. The molecule has 0 unspecified atom stereocenters. The second-order valence-corrected chi connectivity index (χ2v) is 6.11. The minimum Gasteiger partial charge on any atom is -0.386 e. The van der Waals surface area contributed by atoms with E-state index < -0.39 is 0 Å². The van der Waals surface area contributed by atoms with Crippen LogP contribution in [0.4, 0.5) is 5.69 Å². The number of carbonyl (C=O) groups is 1. The van der Waals surface area contributed by atoms with E-state index in [1.165, 1.54) is 0 Å². The highest BCUT2D eigenvalue weighted by Gasteiger charge is 2.10. The lowest BCUT2D eigenvalue weighted by molar-refractivity contribution is 0.0952. The molecule has 18 heavy (non-hydrogen) atoms. The summed E-state index contributed by atoms with van der Waals surface area (Å²) in [6.45, 7) is 0.528. The maximum Gasteiger partial charge on any atom is 0.253 e. The molecule has 0 saturated heterocycles. The lowest BCUT2D eigenvalue weighted by Crippen LogP contribution is -2.23. The van der Waals surface area contributed by atoms with Crippen molar-refractivity contribution in [3.63, 3.8) is 0 Å². The van der Waals surface area contributed by atoms with E-state index in [-0.39, 0.29) is 5.91 Å². The first-order valence-electron chi connectivity index (χ1n) is 5.35. The lowest BCUT2D eigenvalue weighted by atomic mass is 10.2. The van der Waals surface area contributed by atoms with Crippen LogP contribution in [0.3, 0.4) is 0 Å². The number of carbonyl (C=O) groups excluding carboxylic acids is 1. The molecule has 2 heterocycles. The van der Waals surface area contributed by atoms with Crippen molar-refractivity contribution in [1.29, 1.82) is 0 Å². The highest BCUT2D eigenvalue weighted by atomic mass is 79.9. The molecule has 0 spiro atoms. The van der Waals surface area contributed by atoms with Crippen molar-refractivity contribution in [2.24, 2.45) is 0 Å². The number of hydrogen-bond donors (Lipinski definition) is 2. The second kappa shape index (κ2) is 5.97. The summed E-state index contributed by atoms with van der Waals surface area (Å²) in [5.74, 6) is -0.105. The van der Waals surface area contributed by atoms with Crippen molar-refractivity contribution in [2.45, 2.75) is 6.54 Å². The summed E-state index contributed by atoms with van der Waals surface area (Å²) in [7, 11) is 1.77.